The molecule has 78 heavy (non-hydrogen) atoms. The Bertz CT molecular complexity index is 1330. The predicted molar refractivity (Wildman–Crippen MR) is 350 cm³/mol. The molecule has 0 aromatic carbocycles. The summed E-state index contributed by atoms with van der Waals surface area (Å²) in [5.41, 5.74) is 0. The zero-order valence-electron chi connectivity index (χ0n) is 52.7. The number of unbranched alkanes of at least 4 members (excludes halogenated alkanes) is 46. The maximum Gasteiger partial charge on any atom is 0.220 e. The van der Waals surface area contributed by atoms with Crippen molar-refractivity contribution in [1.82, 2.24) is 5.32 Å². The van der Waals surface area contributed by atoms with Gasteiger partial charge in [-0.25, -0.2) is 0 Å². The van der Waals surface area contributed by atoms with Gasteiger partial charge in [-0.3, -0.25) is 4.79 Å². The van der Waals surface area contributed by atoms with Gasteiger partial charge in [0.05, 0.1) is 18.8 Å². The summed E-state index contributed by atoms with van der Waals surface area (Å²) in [7, 11) is 0. The molecule has 0 radical (unpaired) electrons. The highest BCUT2D eigenvalue weighted by molar-refractivity contribution is 5.76. The van der Waals surface area contributed by atoms with Gasteiger partial charge in [-0.05, 0) is 64.2 Å². The Labute approximate surface area is 489 Å². The van der Waals surface area contributed by atoms with Crippen molar-refractivity contribution >= 4 is 5.91 Å². The van der Waals surface area contributed by atoms with Gasteiger partial charge < -0.3 is 15.5 Å². The molecule has 4 nitrogen and oxygen atoms in total. The molecule has 0 spiro atoms. The summed E-state index contributed by atoms with van der Waals surface area (Å²) in [6, 6.07) is -0.542. The summed E-state index contributed by atoms with van der Waals surface area (Å²) in [6.07, 6.45) is 99.6. The van der Waals surface area contributed by atoms with Crippen LogP contribution in [0.5, 0.6) is 0 Å². The zero-order chi connectivity index (χ0) is 56.2. The van der Waals surface area contributed by atoms with Crippen molar-refractivity contribution in [1.29, 1.82) is 0 Å². The quantitative estimate of drug-likeness (QED) is 0.0420. The molecule has 0 saturated carbocycles. The molecule has 0 saturated heterocycles. The molecule has 3 N–H and O–H groups in total. The number of nitrogens with one attached hydrogen (secondary N) is 1. The first-order chi connectivity index (χ1) is 38.7. The number of carbonyl (C=O) groups is 1. The van der Waals surface area contributed by atoms with E-state index in [0.29, 0.717) is 12.8 Å². The average Bonchev–Trinajstić information content (AvgIpc) is 3.44. The van der Waals surface area contributed by atoms with Crippen LogP contribution in [-0.4, -0.2) is 34.9 Å². The summed E-state index contributed by atoms with van der Waals surface area (Å²) < 4.78 is 0. The van der Waals surface area contributed by atoms with Gasteiger partial charge in [0.15, 0.2) is 0 Å². The van der Waals surface area contributed by atoms with Gasteiger partial charge in [-0.1, -0.05) is 376 Å². The summed E-state index contributed by atoms with van der Waals surface area (Å²) in [5.74, 6) is -0.0286. The van der Waals surface area contributed by atoms with Crippen molar-refractivity contribution in [3.8, 4) is 0 Å². The van der Waals surface area contributed by atoms with Gasteiger partial charge >= 0.3 is 0 Å². The maximum atomic E-state index is 12.6. The molecule has 2 unspecified atom stereocenters. The molecule has 0 aliphatic carbocycles. The Morgan fingerprint density at radius 1 is 0.321 bits per heavy atom. The molecule has 0 bridgehead atoms. The van der Waals surface area contributed by atoms with E-state index < -0.39 is 12.1 Å². The van der Waals surface area contributed by atoms with E-state index in [1.165, 1.54) is 283 Å². The predicted octanol–water partition coefficient (Wildman–Crippen LogP) is 24.0. The Kier molecular flexibility index (Phi) is 67.2. The second-order valence-corrected chi connectivity index (χ2v) is 23.9. The number of amides is 1. The third kappa shape index (κ3) is 64.6. The van der Waals surface area contributed by atoms with Crippen molar-refractivity contribution in [2.24, 2.45) is 0 Å². The Hall–Kier alpha value is -2.17. The van der Waals surface area contributed by atoms with Crippen LogP contribution in [0.15, 0.2) is 72.9 Å². The molecule has 0 fully saturated rings. The third-order valence-electron chi connectivity index (χ3n) is 16.2. The van der Waals surface area contributed by atoms with Crippen LogP contribution >= 0.6 is 0 Å². The van der Waals surface area contributed by atoms with Crippen LogP contribution in [0.3, 0.4) is 0 Å². The van der Waals surface area contributed by atoms with Gasteiger partial charge in [-0.2, -0.15) is 0 Å². The van der Waals surface area contributed by atoms with E-state index in [1.54, 1.807) is 0 Å². The minimum Gasteiger partial charge on any atom is -0.394 e. The molecule has 0 aromatic heterocycles. The zero-order valence-corrected chi connectivity index (χ0v) is 52.7. The molecule has 0 rings (SSSR count). The molecule has 0 heterocycles. The van der Waals surface area contributed by atoms with Gasteiger partial charge in [0.2, 0.25) is 5.91 Å². The minimum atomic E-state index is -0.665. The monoisotopic (exact) mass is 1090 g/mol. The Balaban J connectivity index is 3.43. The minimum absolute atomic E-state index is 0.0286. The summed E-state index contributed by atoms with van der Waals surface area (Å²) in [4.78, 5) is 12.6. The van der Waals surface area contributed by atoms with E-state index in [-0.39, 0.29) is 12.5 Å². The van der Waals surface area contributed by atoms with E-state index in [0.717, 1.165) is 64.2 Å². The van der Waals surface area contributed by atoms with Crippen molar-refractivity contribution in [3.63, 3.8) is 0 Å². The molecule has 0 aromatic rings. The van der Waals surface area contributed by atoms with E-state index in [1.807, 2.05) is 0 Å². The summed E-state index contributed by atoms with van der Waals surface area (Å²) in [6.45, 7) is 4.28. The lowest BCUT2D eigenvalue weighted by atomic mass is 10.0. The fourth-order valence-corrected chi connectivity index (χ4v) is 11.0. The third-order valence-corrected chi connectivity index (χ3v) is 16.2. The number of carbonyl (C=O) groups excluding carboxylic acids is 1. The highest BCUT2D eigenvalue weighted by Crippen LogP contribution is 2.19. The van der Waals surface area contributed by atoms with E-state index in [4.69, 9.17) is 0 Å². The smallest absolute Gasteiger partial charge is 0.220 e. The lowest BCUT2D eigenvalue weighted by Gasteiger charge is -2.22. The van der Waals surface area contributed by atoms with Crippen LogP contribution in [0.1, 0.15) is 373 Å². The topological polar surface area (TPSA) is 69.6 Å². The normalized spacial score (nSPS) is 13.1. The second-order valence-electron chi connectivity index (χ2n) is 23.9. The van der Waals surface area contributed by atoms with Crippen LogP contribution in [0.4, 0.5) is 0 Å². The number of aliphatic hydroxyl groups is 2. The molecular weight excluding hydrogens is 951 g/mol. The fraction of sp³-hybridized carbons (Fsp3) is 0.824. The first-order valence-corrected chi connectivity index (χ1v) is 35.1. The van der Waals surface area contributed by atoms with Crippen LogP contribution in [0, 0.1) is 0 Å². The summed E-state index contributed by atoms with van der Waals surface area (Å²) in [5, 5.41) is 23.5. The molecule has 4 heteroatoms. The Morgan fingerprint density at radius 3 is 0.846 bits per heavy atom. The summed E-state index contributed by atoms with van der Waals surface area (Å²) >= 11 is 0. The van der Waals surface area contributed by atoms with Crippen LogP contribution in [0.2, 0.25) is 0 Å². The van der Waals surface area contributed by atoms with Crippen molar-refractivity contribution in [2.45, 2.75) is 386 Å². The molecule has 0 aliphatic heterocycles. The number of allylic oxidation sites excluding steroid dienone is 12. The second kappa shape index (κ2) is 69.1. The SMILES string of the molecule is CC/C=C\C/C=C\C/C=C\C/C=C\C/C=C\C/C=C\CCCCCCCCCCCCCCCCC(=O)NC(CO)C(O)CCCCCCCCCCCCCCCCCCCCCCCCCCCCCCCCCCC. The van der Waals surface area contributed by atoms with Gasteiger partial charge in [0.25, 0.3) is 0 Å². The number of aliphatic hydroxyl groups excluding tert-OH is 2. The highest BCUT2D eigenvalue weighted by atomic mass is 16.3. The van der Waals surface area contributed by atoms with Crippen LogP contribution in [-0.2, 0) is 4.79 Å². The van der Waals surface area contributed by atoms with Crippen molar-refractivity contribution in [3.05, 3.63) is 72.9 Å². The average molecular weight is 1090 g/mol. The van der Waals surface area contributed by atoms with Gasteiger partial charge in [-0.15, -0.1) is 0 Å². The molecule has 456 valence electrons. The fourth-order valence-electron chi connectivity index (χ4n) is 11.0. The standard InChI is InChI=1S/C74H137NO3/c1-3-5-7-9-11-13-15-17-19-21-23-25-27-29-31-33-35-37-39-41-43-45-47-49-51-53-55-57-59-61-63-65-67-69-73(77)72(71-76)75-74(78)70-68-66-64-62-60-58-56-54-52-50-48-46-44-42-40-38-36-34-32-30-28-26-24-22-20-18-16-14-12-10-8-6-4-2/h6,8,12,14,18,20,24,26,30,32,36,38,72-73,76-77H,3-5,7,9-11,13,15-17,19,21-23,25,27-29,31,33-35,37,39-71H2,1-2H3,(H,75,78)/b8-6-,14-12-,20-18-,26-24-,32-30-,38-36-. The van der Waals surface area contributed by atoms with E-state index in [9.17, 15) is 15.0 Å². The van der Waals surface area contributed by atoms with Gasteiger partial charge in [0, 0.05) is 6.42 Å². The molecule has 2 atom stereocenters. The van der Waals surface area contributed by atoms with Crippen LogP contribution in [0.25, 0.3) is 0 Å². The maximum absolute atomic E-state index is 12.6. The molecular formula is C74H137NO3. The number of hydrogen-bond acceptors (Lipinski definition) is 3. The van der Waals surface area contributed by atoms with Crippen molar-refractivity contribution < 1.29 is 15.0 Å². The first-order valence-electron chi connectivity index (χ1n) is 35.1. The van der Waals surface area contributed by atoms with E-state index in [2.05, 4.69) is 92.1 Å². The highest BCUT2D eigenvalue weighted by Gasteiger charge is 2.20. The Morgan fingerprint density at radius 2 is 0.564 bits per heavy atom. The van der Waals surface area contributed by atoms with Crippen LogP contribution < -0.4 is 5.32 Å². The number of rotatable bonds is 65. The lowest BCUT2D eigenvalue weighted by molar-refractivity contribution is -0.123. The largest absolute Gasteiger partial charge is 0.394 e. The lowest BCUT2D eigenvalue weighted by Crippen LogP contribution is -2.45. The van der Waals surface area contributed by atoms with E-state index >= 15 is 0 Å². The first kappa shape index (κ1) is 75.8. The molecule has 1 amide bonds. The van der Waals surface area contributed by atoms with Gasteiger partial charge in [0.1, 0.15) is 0 Å². The number of hydrogen-bond donors (Lipinski definition) is 3. The van der Waals surface area contributed by atoms with Crippen molar-refractivity contribution in [2.75, 3.05) is 6.61 Å². The molecule has 0 aliphatic rings.